The molecule has 0 aliphatic heterocycles. The number of unbranched alkanes of at least 4 members (excludes halogenated alkanes) is 36. The van der Waals surface area contributed by atoms with Crippen LogP contribution in [-0.2, 0) is 18.4 Å². The Labute approximate surface area is 564 Å². The second-order valence-electron chi connectivity index (χ2n) is 26.6. The van der Waals surface area contributed by atoms with E-state index in [0.29, 0.717) is 17.4 Å². The molecule has 0 aliphatic rings. The van der Waals surface area contributed by atoms with E-state index in [0.717, 1.165) is 96.3 Å². The van der Waals surface area contributed by atoms with Crippen molar-refractivity contribution in [2.75, 3.05) is 40.9 Å². The van der Waals surface area contributed by atoms with Crippen molar-refractivity contribution in [1.82, 2.24) is 5.32 Å². The van der Waals surface area contributed by atoms with Crippen LogP contribution in [0.4, 0.5) is 0 Å². The maximum absolute atomic E-state index is 13.1. The molecule has 0 saturated heterocycles. The molecule has 0 aromatic carbocycles. The number of phosphoric acid groups is 1. The summed E-state index contributed by atoms with van der Waals surface area (Å²) in [4.78, 5) is 25.7. The van der Waals surface area contributed by atoms with Gasteiger partial charge in [-0.1, -0.05) is 347 Å². The molecule has 0 aromatic heterocycles. The number of hydrogen-bond acceptors (Lipinski definition) is 6. The van der Waals surface area contributed by atoms with E-state index in [4.69, 9.17) is 9.05 Å². The number of phosphoric ester groups is 1. The maximum atomic E-state index is 13.1. The summed E-state index contributed by atoms with van der Waals surface area (Å²) in [6, 6.07) is -0.922. The van der Waals surface area contributed by atoms with Crippen LogP contribution in [0, 0.1) is 0 Å². The van der Waals surface area contributed by atoms with E-state index in [1.165, 1.54) is 212 Å². The Morgan fingerprint density at radius 2 is 0.681 bits per heavy atom. The van der Waals surface area contributed by atoms with Crippen LogP contribution in [0.1, 0.15) is 328 Å². The third-order valence-electron chi connectivity index (χ3n) is 16.6. The Balaban J connectivity index is 4.12. The first-order valence-corrected chi connectivity index (χ1v) is 39.5. The van der Waals surface area contributed by atoms with E-state index >= 15 is 0 Å². The summed E-state index contributed by atoms with van der Waals surface area (Å²) >= 11 is 0. The largest absolute Gasteiger partial charge is 0.756 e. The first-order chi connectivity index (χ1) is 44.5. The Kier molecular flexibility index (Phi) is 68.3. The van der Waals surface area contributed by atoms with Crippen LogP contribution in [0.15, 0.2) is 134 Å². The Morgan fingerprint density at radius 3 is 1.02 bits per heavy atom. The molecule has 3 atom stereocenters. The summed E-state index contributed by atoms with van der Waals surface area (Å²) in [5.41, 5.74) is 0. The van der Waals surface area contributed by atoms with E-state index in [2.05, 4.69) is 141 Å². The number of aliphatic hydroxyl groups is 1. The van der Waals surface area contributed by atoms with Crippen LogP contribution in [0.5, 0.6) is 0 Å². The highest BCUT2D eigenvalue weighted by Gasteiger charge is 2.23. The standard InChI is InChI=1S/C82H145N2O6P/c1-6-8-10-12-14-16-18-20-22-24-26-28-30-32-34-36-38-40-41-42-43-44-46-48-50-52-54-56-58-60-62-64-66-68-70-72-74-76-82(86)83-80(79-90-91(87,88)89-78-77-84(3,4)5)81(85)75-73-71-69-67-65-63-61-59-57-55-53-51-49-47-45-39-37-35-33-31-29-27-25-23-21-19-17-15-13-11-9-7-2/h8,10,14,16,20,22,26,28,32,34,38,40,42-43,46,48,57,59,65,67,73,75,80-81,85H,6-7,9,11-13,15,17-19,21,23-25,27,29-31,33,35-37,39,41,44-45,47,49-56,58,60-64,66,68-72,74,76-79H2,1-5H3,(H-,83,86,87,88)/b10-8-,16-14-,22-20-,28-26-,34-32-,40-38-,43-42-,48-46-,59-57+,67-65+,75-73+. The molecular formula is C82H145N2O6P. The molecule has 0 aromatic rings. The lowest BCUT2D eigenvalue weighted by Crippen LogP contribution is -2.45. The summed E-state index contributed by atoms with van der Waals surface area (Å²) in [7, 11) is 1.23. The zero-order valence-electron chi connectivity index (χ0n) is 60.0. The molecule has 0 heterocycles. The van der Waals surface area contributed by atoms with Gasteiger partial charge in [-0.3, -0.25) is 9.36 Å². The topological polar surface area (TPSA) is 108 Å². The van der Waals surface area contributed by atoms with Crippen molar-refractivity contribution in [2.24, 2.45) is 0 Å². The molecule has 9 heteroatoms. The summed E-state index contributed by atoms with van der Waals surface area (Å²) in [6.45, 7) is 4.53. The zero-order valence-corrected chi connectivity index (χ0v) is 60.9. The second-order valence-corrected chi connectivity index (χ2v) is 28.0. The number of nitrogens with zero attached hydrogens (tertiary/aromatic N) is 1. The van der Waals surface area contributed by atoms with Gasteiger partial charge in [0.15, 0.2) is 0 Å². The number of quaternary nitrogens is 1. The van der Waals surface area contributed by atoms with Crippen molar-refractivity contribution < 1.29 is 32.9 Å². The van der Waals surface area contributed by atoms with Gasteiger partial charge in [0.1, 0.15) is 13.2 Å². The molecule has 1 amide bonds. The number of likely N-dealkylation sites (N-methyl/N-ethyl adjacent to an activating group) is 1. The van der Waals surface area contributed by atoms with Gasteiger partial charge in [0.2, 0.25) is 5.91 Å². The molecular weight excluding hydrogens is 1140 g/mol. The van der Waals surface area contributed by atoms with Gasteiger partial charge in [-0.2, -0.15) is 0 Å². The minimum atomic E-state index is -4.63. The molecule has 524 valence electrons. The van der Waals surface area contributed by atoms with Crippen LogP contribution >= 0.6 is 7.82 Å². The van der Waals surface area contributed by atoms with Gasteiger partial charge in [-0.25, -0.2) is 0 Å². The number of hydrogen-bond donors (Lipinski definition) is 2. The van der Waals surface area contributed by atoms with Crippen molar-refractivity contribution in [2.45, 2.75) is 341 Å². The smallest absolute Gasteiger partial charge is 0.268 e. The van der Waals surface area contributed by atoms with E-state index in [-0.39, 0.29) is 12.5 Å². The number of aliphatic hydroxyl groups excluding tert-OH is 1. The van der Waals surface area contributed by atoms with Crippen molar-refractivity contribution >= 4 is 13.7 Å². The highest BCUT2D eigenvalue weighted by Crippen LogP contribution is 2.38. The molecule has 0 fully saturated rings. The minimum absolute atomic E-state index is 0.0148. The lowest BCUT2D eigenvalue weighted by Gasteiger charge is -2.29. The second kappa shape index (κ2) is 70.9. The minimum Gasteiger partial charge on any atom is -0.756 e. The van der Waals surface area contributed by atoms with Crippen molar-refractivity contribution in [3.8, 4) is 0 Å². The number of rotatable bonds is 69. The maximum Gasteiger partial charge on any atom is 0.268 e. The predicted molar refractivity (Wildman–Crippen MR) is 398 cm³/mol. The molecule has 0 radical (unpaired) electrons. The Hall–Kier alpha value is -3.36. The highest BCUT2D eigenvalue weighted by molar-refractivity contribution is 7.45. The van der Waals surface area contributed by atoms with Crippen molar-refractivity contribution in [3.63, 3.8) is 0 Å². The van der Waals surface area contributed by atoms with Crippen LogP contribution in [0.3, 0.4) is 0 Å². The third kappa shape index (κ3) is 73.9. The van der Waals surface area contributed by atoms with E-state index in [1.54, 1.807) is 6.08 Å². The van der Waals surface area contributed by atoms with Crippen LogP contribution in [-0.4, -0.2) is 68.5 Å². The average molecular weight is 1290 g/mol. The number of nitrogens with one attached hydrogen (secondary N) is 1. The third-order valence-corrected chi connectivity index (χ3v) is 17.5. The number of carbonyl (C=O) groups is 1. The lowest BCUT2D eigenvalue weighted by molar-refractivity contribution is -0.870. The Bertz CT molecular complexity index is 1950. The summed E-state index contributed by atoms with van der Waals surface area (Å²) < 4.78 is 23.5. The van der Waals surface area contributed by atoms with Gasteiger partial charge in [0.05, 0.1) is 39.9 Å². The van der Waals surface area contributed by atoms with Crippen molar-refractivity contribution in [3.05, 3.63) is 134 Å². The highest BCUT2D eigenvalue weighted by atomic mass is 31.2. The molecule has 0 saturated carbocycles. The predicted octanol–water partition coefficient (Wildman–Crippen LogP) is 24.3. The fraction of sp³-hybridized carbons (Fsp3) is 0.720. The lowest BCUT2D eigenvalue weighted by atomic mass is 10.0. The quantitative estimate of drug-likeness (QED) is 0.0272. The van der Waals surface area contributed by atoms with Gasteiger partial charge in [0.25, 0.3) is 7.82 Å². The molecule has 91 heavy (non-hydrogen) atoms. The van der Waals surface area contributed by atoms with Gasteiger partial charge >= 0.3 is 0 Å². The fourth-order valence-corrected chi connectivity index (χ4v) is 11.5. The Morgan fingerprint density at radius 1 is 0.396 bits per heavy atom. The van der Waals surface area contributed by atoms with Crippen LogP contribution < -0.4 is 10.2 Å². The van der Waals surface area contributed by atoms with Gasteiger partial charge < -0.3 is 28.8 Å². The summed E-state index contributed by atoms with van der Waals surface area (Å²) in [6.07, 6.45) is 107. The molecule has 0 aliphatic carbocycles. The summed E-state index contributed by atoms with van der Waals surface area (Å²) in [5.74, 6) is -0.215. The van der Waals surface area contributed by atoms with E-state index < -0.39 is 26.6 Å². The number of amides is 1. The molecule has 2 N–H and O–H groups in total. The number of allylic oxidation sites excluding steroid dienone is 21. The summed E-state index contributed by atoms with van der Waals surface area (Å²) in [5, 5.41) is 14.0. The fourth-order valence-electron chi connectivity index (χ4n) is 10.7. The van der Waals surface area contributed by atoms with Gasteiger partial charge in [0, 0.05) is 6.42 Å². The molecule has 8 nitrogen and oxygen atoms in total. The molecule has 0 spiro atoms. The van der Waals surface area contributed by atoms with E-state index in [1.807, 2.05) is 27.2 Å². The van der Waals surface area contributed by atoms with Crippen LogP contribution in [0.25, 0.3) is 0 Å². The zero-order chi connectivity index (χ0) is 66.2. The SMILES string of the molecule is CC/C=C\C/C=C\C/C=C\C/C=C\C/C=C\C/C=C\C/C=C\C/C=C\CCCCCCCCCCCCCCC(=O)NC(COP(=O)([O-])OCC[N+](C)(C)C)C(O)/C=C/CC/C=C/CC/C=C/CCCCCCCCCCCCCCCCCCCCCCCC. The first kappa shape index (κ1) is 87.6. The molecule has 0 rings (SSSR count). The average Bonchev–Trinajstić information content (AvgIpc) is 3.42. The molecule has 3 unspecified atom stereocenters. The van der Waals surface area contributed by atoms with Crippen molar-refractivity contribution in [1.29, 1.82) is 0 Å². The van der Waals surface area contributed by atoms with Gasteiger partial charge in [-0.05, 0) is 109 Å². The number of carbonyl (C=O) groups excluding carboxylic acids is 1. The van der Waals surface area contributed by atoms with E-state index in [9.17, 15) is 19.4 Å². The first-order valence-electron chi connectivity index (χ1n) is 38.0. The normalized spacial score (nSPS) is 14.3. The van der Waals surface area contributed by atoms with Crippen LogP contribution in [0.2, 0.25) is 0 Å². The molecule has 0 bridgehead atoms. The van der Waals surface area contributed by atoms with Gasteiger partial charge in [-0.15, -0.1) is 0 Å². The monoisotopic (exact) mass is 1290 g/mol.